The molecule has 3 aromatic rings. The van der Waals surface area contributed by atoms with E-state index in [2.05, 4.69) is 28.4 Å². The lowest BCUT2D eigenvalue weighted by Crippen LogP contribution is -2.26. The smallest absolute Gasteiger partial charge is 0.411 e. The fourth-order valence-electron chi connectivity index (χ4n) is 3.79. The van der Waals surface area contributed by atoms with Crippen LogP contribution in [0.4, 0.5) is 10.5 Å². The molecule has 0 bridgehead atoms. The first kappa shape index (κ1) is 17.6. The molecule has 1 aliphatic rings. The molecule has 5 heteroatoms. The summed E-state index contributed by atoms with van der Waals surface area (Å²) in [4.78, 5) is 17.9. The minimum atomic E-state index is -0.439. The van der Waals surface area contributed by atoms with E-state index in [9.17, 15) is 4.79 Å². The Kier molecular flexibility index (Phi) is 5.12. The molecule has 1 saturated heterocycles. The number of aromatic amines is 1. The van der Waals surface area contributed by atoms with Gasteiger partial charge in [-0.3, -0.25) is 5.32 Å². The predicted octanol–water partition coefficient (Wildman–Crippen LogP) is 4.55. The monoisotopic (exact) mass is 363 g/mol. The van der Waals surface area contributed by atoms with Crippen LogP contribution in [-0.2, 0) is 17.8 Å². The summed E-state index contributed by atoms with van der Waals surface area (Å²) in [5.41, 5.74) is 4.11. The van der Waals surface area contributed by atoms with E-state index in [4.69, 9.17) is 4.74 Å². The maximum atomic E-state index is 12.1. The topological polar surface area (TPSA) is 57.4 Å². The maximum Gasteiger partial charge on any atom is 0.411 e. The molecule has 0 spiro atoms. The van der Waals surface area contributed by atoms with Crippen molar-refractivity contribution in [2.45, 2.75) is 31.9 Å². The Hall–Kier alpha value is -2.79. The third kappa shape index (κ3) is 4.14. The van der Waals surface area contributed by atoms with Crippen LogP contribution in [-0.4, -0.2) is 35.6 Å². The molecule has 0 aliphatic carbocycles. The number of nitrogens with zero attached hydrogens (tertiary/aromatic N) is 1. The van der Waals surface area contributed by atoms with Gasteiger partial charge in [0.1, 0.15) is 6.61 Å². The van der Waals surface area contributed by atoms with Crippen LogP contribution in [0.25, 0.3) is 10.9 Å². The molecular weight excluding hydrogens is 338 g/mol. The zero-order valence-electron chi connectivity index (χ0n) is 15.6. The number of carbonyl (C=O) groups excluding carboxylic acids is 1. The molecule has 0 radical (unpaired) electrons. The van der Waals surface area contributed by atoms with Crippen molar-refractivity contribution in [1.29, 1.82) is 0 Å². The summed E-state index contributed by atoms with van der Waals surface area (Å²) >= 11 is 0. The van der Waals surface area contributed by atoms with Gasteiger partial charge < -0.3 is 14.6 Å². The number of rotatable bonds is 5. The highest BCUT2D eigenvalue weighted by Gasteiger charge is 2.22. The van der Waals surface area contributed by atoms with Gasteiger partial charge in [0.2, 0.25) is 0 Å². The van der Waals surface area contributed by atoms with Gasteiger partial charge in [-0.25, -0.2) is 4.79 Å². The molecular formula is C22H25N3O2. The van der Waals surface area contributed by atoms with Crippen molar-refractivity contribution in [2.75, 3.05) is 18.9 Å². The van der Waals surface area contributed by atoms with E-state index in [0.29, 0.717) is 6.04 Å². The number of benzene rings is 2. The SMILES string of the molecule is CN1CCC[C@@H]1Cc1c[nH]c2ccc(NC(=O)OCc3ccccc3)cc12. The Labute approximate surface area is 159 Å². The van der Waals surface area contributed by atoms with Crippen LogP contribution in [0.5, 0.6) is 0 Å². The first-order valence-corrected chi connectivity index (χ1v) is 9.47. The zero-order chi connectivity index (χ0) is 18.6. The highest BCUT2D eigenvalue weighted by molar-refractivity contribution is 5.91. The Balaban J connectivity index is 1.43. The van der Waals surface area contributed by atoms with Crippen LogP contribution >= 0.6 is 0 Å². The molecule has 27 heavy (non-hydrogen) atoms. The molecule has 1 aromatic heterocycles. The Bertz CT molecular complexity index is 920. The summed E-state index contributed by atoms with van der Waals surface area (Å²) in [7, 11) is 2.20. The molecule has 0 saturated carbocycles. The number of ether oxygens (including phenoxy) is 1. The third-order valence-electron chi connectivity index (χ3n) is 5.35. The van der Waals surface area contributed by atoms with Crippen LogP contribution in [0.2, 0.25) is 0 Å². The summed E-state index contributed by atoms with van der Waals surface area (Å²) in [5, 5.41) is 4.00. The molecule has 1 fully saturated rings. The molecule has 140 valence electrons. The summed E-state index contributed by atoms with van der Waals surface area (Å²) in [5.74, 6) is 0. The number of anilines is 1. The average molecular weight is 363 g/mol. The molecule has 5 nitrogen and oxygen atoms in total. The van der Waals surface area contributed by atoms with Crippen molar-refractivity contribution in [3.63, 3.8) is 0 Å². The second kappa shape index (κ2) is 7.84. The molecule has 2 aromatic carbocycles. The Morgan fingerprint density at radius 1 is 1.26 bits per heavy atom. The fraction of sp³-hybridized carbons (Fsp3) is 0.318. The second-order valence-corrected chi connectivity index (χ2v) is 7.24. The van der Waals surface area contributed by atoms with E-state index >= 15 is 0 Å². The summed E-state index contributed by atoms with van der Waals surface area (Å²) in [6.07, 6.45) is 5.19. The maximum absolute atomic E-state index is 12.1. The quantitative estimate of drug-likeness (QED) is 0.699. The number of nitrogens with one attached hydrogen (secondary N) is 2. The predicted molar refractivity (Wildman–Crippen MR) is 108 cm³/mol. The lowest BCUT2D eigenvalue weighted by molar-refractivity contribution is 0.155. The molecule has 0 unspecified atom stereocenters. The second-order valence-electron chi connectivity index (χ2n) is 7.24. The number of hydrogen-bond acceptors (Lipinski definition) is 3. The van der Waals surface area contributed by atoms with Gasteiger partial charge >= 0.3 is 6.09 Å². The lowest BCUT2D eigenvalue weighted by atomic mass is 10.0. The van der Waals surface area contributed by atoms with Gasteiger partial charge in [-0.2, -0.15) is 0 Å². The first-order chi connectivity index (χ1) is 13.2. The summed E-state index contributed by atoms with van der Waals surface area (Å²) in [6.45, 7) is 1.44. The van der Waals surface area contributed by atoms with Crippen molar-refractivity contribution in [1.82, 2.24) is 9.88 Å². The standard InChI is InChI=1S/C22H25N3O2/c1-25-11-5-8-19(25)12-17-14-23-21-10-9-18(13-20(17)21)24-22(26)27-15-16-6-3-2-4-7-16/h2-4,6-7,9-10,13-14,19,23H,5,8,11-12,15H2,1H3,(H,24,26)/t19-/m1/s1. The van der Waals surface area contributed by atoms with Crippen LogP contribution in [0, 0.1) is 0 Å². The van der Waals surface area contributed by atoms with Gasteiger partial charge in [-0.15, -0.1) is 0 Å². The van der Waals surface area contributed by atoms with Crippen LogP contribution in [0.15, 0.2) is 54.7 Å². The number of H-pyrrole nitrogens is 1. The lowest BCUT2D eigenvalue weighted by Gasteiger charge is -2.18. The first-order valence-electron chi connectivity index (χ1n) is 9.47. The third-order valence-corrected chi connectivity index (χ3v) is 5.35. The summed E-state index contributed by atoms with van der Waals surface area (Å²) < 4.78 is 5.31. The van der Waals surface area contributed by atoms with Crippen LogP contribution < -0.4 is 5.32 Å². The highest BCUT2D eigenvalue weighted by Crippen LogP contribution is 2.27. The number of carbonyl (C=O) groups is 1. The van der Waals surface area contributed by atoms with E-state index in [1.807, 2.05) is 48.5 Å². The normalized spacial score (nSPS) is 17.3. The van der Waals surface area contributed by atoms with Crippen molar-refractivity contribution in [3.05, 3.63) is 65.9 Å². The van der Waals surface area contributed by atoms with Gasteiger partial charge in [-0.1, -0.05) is 30.3 Å². The van der Waals surface area contributed by atoms with Crippen molar-refractivity contribution >= 4 is 22.7 Å². The molecule has 1 amide bonds. The van der Waals surface area contributed by atoms with Crippen LogP contribution in [0.3, 0.4) is 0 Å². The fourth-order valence-corrected chi connectivity index (χ4v) is 3.79. The van der Waals surface area contributed by atoms with E-state index in [-0.39, 0.29) is 6.61 Å². The van der Waals surface area contributed by atoms with Gasteiger partial charge in [0, 0.05) is 28.8 Å². The van der Waals surface area contributed by atoms with Gasteiger partial charge in [-0.05, 0) is 62.2 Å². The van der Waals surface area contributed by atoms with Crippen molar-refractivity contribution in [2.24, 2.45) is 0 Å². The minimum Gasteiger partial charge on any atom is -0.444 e. The zero-order valence-corrected chi connectivity index (χ0v) is 15.6. The number of amides is 1. The molecule has 2 N–H and O–H groups in total. The number of hydrogen-bond donors (Lipinski definition) is 2. The Morgan fingerprint density at radius 3 is 2.89 bits per heavy atom. The number of likely N-dealkylation sites (N-methyl/N-ethyl adjacent to an activating group) is 1. The number of likely N-dealkylation sites (tertiary alicyclic amines) is 1. The van der Waals surface area contributed by atoms with Gasteiger partial charge in [0.25, 0.3) is 0 Å². The number of fused-ring (bicyclic) bond motifs is 1. The number of aromatic nitrogens is 1. The van der Waals surface area contributed by atoms with Gasteiger partial charge in [0.15, 0.2) is 0 Å². The van der Waals surface area contributed by atoms with E-state index in [1.165, 1.54) is 24.9 Å². The van der Waals surface area contributed by atoms with Gasteiger partial charge in [0.05, 0.1) is 0 Å². The van der Waals surface area contributed by atoms with E-state index in [1.54, 1.807) is 0 Å². The molecule has 2 heterocycles. The average Bonchev–Trinajstić information content (AvgIpc) is 3.27. The van der Waals surface area contributed by atoms with Crippen LogP contribution in [0.1, 0.15) is 24.0 Å². The van der Waals surface area contributed by atoms with Crippen molar-refractivity contribution in [3.8, 4) is 0 Å². The Morgan fingerprint density at radius 2 is 2.11 bits per heavy atom. The van der Waals surface area contributed by atoms with Crippen molar-refractivity contribution < 1.29 is 9.53 Å². The minimum absolute atomic E-state index is 0.262. The van der Waals surface area contributed by atoms with E-state index < -0.39 is 6.09 Å². The molecule has 1 atom stereocenters. The summed E-state index contributed by atoms with van der Waals surface area (Å²) in [6, 6.07) is 16.2. The highest BCUT2D eigenvalue weighted by atomic mass is 16.5. The molecule has 4 rings (SSSR count). The largest absolute Gasteiger partial charge is 0.444 e. The van der Waals surface area contributed by atoms with E-state index in [0.717, 1.165) is 28.6 Å². The molecule has 1 aliphatic heterocycles.